The van der Waals surface area contributed by atoms with Crippen molar-refractivity contribution in [3.05, 3.63) is 107 Å². The van der Waals surface area contributed by atoms with Crippen LogP contribution in [0.15, 0.2) is 78.9 Å². The Morgan fingerprint density at radius 3 is 2.51 bits per heavy atom. The molecule has 0 aliphatic carbocycles. The number of carbonyl (C=O) groups excluding carboxylic acids is 3. The van der Waals surface area contributed by atoms with Crippen LogP contribution in [0.2, 0.25) is 0 Å². The van der Waals surface area contributed by atoms with Crippen LogP contribution in [-0.2, 0) is 22.6 Å². The van der Waals surface area contributed by atoms with Gasteiger partial charge >= 0.3 is 0 Å². The molecule has 3 N–H and O–H groups in total. The van der Waals surface area contributed by atoms with Gasteiger partial charge in [-0.25, -0.2) is 0 Å². The summed E-state index contributed by atoms with van der Waals surface area (Å²) in [6.07, 6.45) is 1.10. The summed E-state index contributed by atoms with van der Waals surface area (Å²) in [4.78, 5) is 46.3. The lowest BCUT2D eigenvalue weighted by Gasteiger charge is -2.38. The maximum atomic E-state index is 14.0. The largest absolute Gasteiger partial charge is 0.356 e. The number of rotatable bonds is 7. The molecule has 4 aromatic rings. The molecule has 39 heavy (non-hydrogen) atoms. The Kier molecular flexibility index (Phi) is 6.43. The van der Waals surface area contributed by atoms with Crippen LogP contribution in [-0.4, -0.2) is 39.7 Å². The third-order valence-corrected chi connectivity index (χ3v) is 8.26. The number of para-hydroxylation sites is 1. The summed E-state index contributed by atoms with van der Waals surface area (Å²) in [6.45, 7) is 4.35. The SMILES string of the molecule is CC[C@H](C)[C@H](NC(=O)[C@@H]1Cc2c([nH]c3ccccc23)[C@@H]2c3ccccc3C(=O)N21)C(=O)NCc1ccccc1. The van der Waals surface area contributed by atoms with Crippen molar-refractivity contribution < 1.29 is 14.4 Å². The Hall–Kier alpha value is -4.39. The van der Waals surface area contributed by atoms with Gasteiger partial charge in [0.1, 0.15) is 12.1 Å². The lowest BCUT2D eigenvalue weighted by molar-refractivity contribution is -0.133. The molecule has 2 aliphatic rings. The topological polar surface area (TPSA) is 94.3 Å². The number of carbonyl (C=O) groups is 3. The Morgan fingerprint density at radius 1 is 1.00 bits per heavy atom. The summed E-state index contributed by atoms with van der Waals surface area (Å²) < 4.78 is 0. The second-order valence-corrected chi connectivity index (χ2v) is 10.6. The molecule has 7 heteroatoms. The van der Waals surface area contributed by atoms with Gasteiger partial charge in [0.25, 0.3) is 5.91 Å². The molecule has 0 fully saturated rings. The molecule has 7 nitrogen and oxygen atoms in total. The van der Waals surface area contributed by atoms with Crippen molar-refractivity contribution in [3.63, 3.8) is 0 Å². The first kappa shape index (κ1) is 24.9. The highest BCUT2D eigenvalue weighted by atomic mass is 16.2. The van der Waals surface area contributed by atoms with Gasteiger partial charge in [-0.3, -0.25) is 14.4 Å². The molecule has 3 heterocycles. The van der Waals surface area contributed by atoms with Gasteiger partial charge in [-0.2, -0.15) is 0 Å². The number of aromatic amines is 1. The number of aromatic nitrogens is 1. The van der Waals surface area contributed by atoms with Gasteiger partial charge in [-0.15, -0.1) is 0 Å². The summed E-state index contributed by atoms with van der Waals surface area (Å²) in [5.41, 5.74) is 5.49. The standard InChI is InChI=1S/C32H32N4O3/c1-3-19(2)27(31(38)33-18-20-11-5-4-6-12-20)35-30(37)26-17-24-21-13-9-10-16-25(21)34-28(24)29-22-14-7-8-15-23(22)32(39)36(26)29/h4-16,19,26-27,29,34H,3,17-18H2,1-2H3,(H,33,38)(H,35,37)/t19-,26-,27-,29-/m0/s1. The zero-order valence-electron chi connectivity index (χ0n) is 22.1. The van der Waals surface area contributed by atoms with E-state index in [0.717, 1.165) is 39.7 Å². The Bertz CT molecular complexity index is 1560. The monoisotopic (exact) mass is 520 g/mol. The Labute approximate surface area is 227 Å². The van der Waals surface area contributed by atoms with Crippen molar-refractivity contribution in [2.45, 2.75) is 51.4 Å². The third kappa shape index (κ3) is 4.28. The third-order valence-electron chi connectivity index (χ3n) is 8.26. The minimum atomic E-state index is -0.741. The molecule has 1 aromatic heterocycles. The Morgan fingerprint density at radius 2 is 1.72 bits per heavy atom. The summed E-state index contributed by atoms with van der Waals surface area (Å²) >= 11 is 0. The minimum absolute atomic E-state index is 0.0840. The average molecular weight is 521 g/mol. The normalized spacial score (nSPS) is 19.1. The van der Waals surface area contributed by atoms with Gasteiger partial charge in [0, 0.05) is 35.1 Å². The van der Waals surface area contributed by atoms with Gasteiger partial charge in [0.05, 0.1) is 6.04 Å². The predicted molar refractivity (Wildman–Crippen MR) is 150 cm³/mol. The first-order chi connectivity index (χ1) is 19.0. The van der Waals surface area contributed by atoms with Crippen LogP contribution in [0.1, 0.15) is 59.1 Å². The summed E-state index contributed by atoms with van der Waals surface area (Å²) in [7, 11) is 0. The van der Waals surface area contributed by atoms with E-state index in [1.54, 1.807) is 4.90 Å². The number of nitrogens with zero attached hydrogens (tertiary/aromatic N) is 1. The number of amides is 3. The number of hydrogen-bond acceptors (Lipinski definition) is 3. The van der Waals surface area contributed by atoms with Gasteiger partial charge in [0.15, 0.2) is 0 Å². The fraction of sp³-hybridized carbons (Fsp3) is 0.281. The fourth-order valence-corrected chi connectivity index (χ4v) is 5.98. The molecule has 3 amide bonds. The van der Waals surface area contributed by atoms with Gasteiger partial charge in [-0.1, -0.05) is 87.0 Å². The molecule has 2 aliphatic heterocycles. The zero-order chi connectivity index (χ0) is 27.1. The highest BCUT2D eigenvalue weighted by molar-refractivity contribution is 6.04. The van der Waals surface area contributed by atoms with Crippen molar-refractivity contribution in [2.24, 2.45) is 5.92 Å². The minimum Gasteiger partial charge on any atom is -0.356 e. The van der Waals surface area contributed by atoms with Crippen LogP contribution >= 0.6 is 0 Å². The lowest BCUT2D eigenvalue weighted by atomic mass is 9.89. The van der Waals surface area contributed by atoms with Crippen molar-refractivity contribution >= 4 is 28.6 Å². The smallest absolute Gasteiger partial charge is 0.255 e. The zero-order valence-corrected chi connectivity index (χ0v) is 22.1. The summed E-state index contributed by atoms with van der Waals surface area (Å²) in [5, 5.41) is 7.09. The van der Waals surface area contributed by atoms with Crippen LogP contribution in [0, 0.1) is 5.92 Å². The molecule has 198 valence electrons. The number of benzene rings is 3. The number of H-pyrrole nitrogens is 1. The van der Waals surface area contributed by atoms with Crippen molar-refractivity contribution in [3.8, 4) is 0 Å². The van der Waals surface area contributed by atoms with Crippen LogP contribution in [0.25, 0.3) is 10.9 Å². The van der Waals surface area contributed by atoms with Gasteiger partial charge < -0.3 is 20.5 Å². The van der Waals surface area contributed by atoms with Crippen molar-refractivity contribution in [1.82, 2.24) is 20.5 Å². The predicted octanol–water partition coefficient (Wildman–Crippen LogP) is 4.49. The van der Waals surface area contributed by atoms with Crippen LogP contribution < -0.4 is 10.6 Å². The molecule has 0 unspecified atom stereocenters. The molecule has 0 saturated heterocycles. The lowest BCUT2D eigenvalue weighted by Crippen LogP contribution is -2.58. The van der Waals surface area contributed by atoms with E-state index in [2.05, 4.69) is 21.7 Å². The molecule has 0 radical (unpaired) electrons. The molecular weight excluding hydrogens is 488 g/mol. The van der Waals surface area contributed by atoms with E-state index in [4.69, 9.17) is 0 Å². The molecule has 3 aromatic carbocycles. The summed E-state index contributed by atoms with van der Waals surface area (Å²) in [6, 6.07) is 23.5. The van der Waals surface area contributed by atoms with E-state index >= 15 is 0 Å². The second-order valence-electron chi connectivity index (χ2n) is 10.6. The highest BCUT2D eigenvalue weighted by Crippen LogP contribution is 2.46. The Balaban J connectivity index is 1.32. The highest BCUT2D eigenvalue weighted by Gasteiger charge is 2.49. The van der Waals surface area contributed by atoms with E-state index in [1.807, 2.05) is 86.6 Å². The number of fused-ring (bicyclic) bond motifs is 7. The quantitative estimate of drug-likeness (QED) is 0.335. The van der Waals surface area contributed by atoms with E-state index in [1.165, 1.54) is 0 Å². The van der Waals surface area contributed by atoms with E-state index in [0.29, 0.717) is 18.5 Å². The van der Waals surface area contributed by atoms with Crippen molar-refractivity contribution in [2.75, 3.05) is 0 Å². The molecule has 0 bridgehead atoms. The molecule has 0 saturated carbocycles. The van der Waals surface area contributed by atoms with Crippen molar-refractivity contribution in [1.29, 1.82) is 0 Å². The maximum Gasteiger partial charge on any atom is 0.255 e. The van der Waals surface area contributed by atoms with E-state index in [9.17, 15) is 14.4 Å². The number of hydrogen-bond donors (Lipinski definition) is 3. The first-order valence-electron chi connectivity index (χ1n) is 13.6. The van der Waals surface area contributed by atoms with Crippen LogP contribution in [0.4, 0.5) is 0 Å². The van der Waals surface area contributed by atoms with E-state index in [-0.39, 0.29) is 29.7 Å². The number of nitrogens with one attached hydrogen (secondary N) is 3. The first-order valence-corrected chi connectivity index (χ1v) is 13.6. The molecule has 0 spiro atoms. The summed E-state index contributed by atoms with van der Waals surface area (Å²) in [5.74, 6) is -0.775. The van der Waals surface area contributed by atoms with Gasteiger partial charge in [-0.05, 0) is 34.7 Å². The van der Waals surface area contributed by atoms with Gasteiger partial charge in [0.2, 0.25) is 11.8 Å². The second kappa shape index (κ2) is 10.1. The van der Waals surface area contributed by atoms with Crippen LogP contribution in [0.5, 0.6) is 0 Å². The molecule has 4 atom stereocenters. The maximum absolute atomic E-state index is 14.0. The van der Waals surface area contributed by atoms with E-state index < -0.39 is 12.1 Å². The molecular formula is C32H32N4O3. The van der Waals surface area contributed by atoms with Crippen LogP contribution in [0.3, 0.4) is 0 Å². The average Bonchev–Trinajstić information content (AvgIpc) is 3.49. The molecule has 6 rings (SSSR count). The fourth-order valence-electron chi connectivity index (χ4n) is 5.98.